The third-order valence-corrected chi connectivity index (χ3v) is 5.13. The highest BCUT2D eigenvalue weighted by atomic mass is 32.2. The fourth-order valence-corrected chi connectivity index (χ4v) is 3.31. The average molecular weight is 382 g/mol. The van der Waals surface area contributed by atoms with E-state index in [0.29, 0.717) is 25.5 Å². The lowest BCUT2D eigenvalue weighted by Gasteiger charge is -2.18. The van der Waals surface area contributed by atoms with Gasteiger partial charge in [0.05, 0.1) is 11.4 Å². The van der Waals surface area contributed by atoms with Crippen molar-refractivity contribution in [2.24, 2.45) is 10.1 Å². The molecule has 0 saturated carbocycles. The van der Waals surface area contributed by atoms with E-state index in [1.165, 1.54) is 12.1 Å². The van der Waals surface area contributed by atoms with E-state index >= 15 is 0 Å². The van der Waals surface area contributed by atoms with Crippen LogP contribution in [-0.2, 0) is 21.4 Å². The van der Waals surface area contributed by atoms with Crippen molar-refractivity contribution in [3.63, 3.8) is 0 Å². The van der Waals surface area contributed by atoms with Gasteiger partial charge in [-0.15, -0.1) is 0 Å². The van der Waals surface area contributed by atoms with Crippen LogP contribution < -0.4 is 15.8 Å². The smallest absolute Gasteiger partial charge is 0.238 e. The minimum atomic E-state index is -3.68. The molecule has 1 aliphatic heterocycles. The van der Waals surface area contributed by atoms with Crippen LogP contribution in [0.1, 0.15) is 32.3 Å². The van der Waals surface area contributed by atoms with Crippen LogP contribution in [0.4, 0.5) is 0 Å². The number of carbonyl (C=O) groups is 1. The number of carbonyl (C=O) groups excluding carboxylic acids is 1. The third-order valence-electron chi connectivity index (χ3n) is 4.20. The Balaban J connectivity index is 1.97. The first kappa shape index (κ1) is 20.2. The second kappa shape index (κ2) is 9.00. The molecule has 144 valence electrons. The molecule has 9 heteroatoms. The summed E-state index contributed by atoms with van der Waals surface area (Å²) in [6, 6.07) is 6.53. The second-order valence-electron chi connectivity index (χ2n) is 6.21. The quantitative estimate of drug-likeness (QED) is 0.487. The molecule has 0 spiro atoms. The normalized spacial score (nSPS) is 18.0. The van der Waals surface area contributed by atoms with E-state index in [-0.39, 0.29) is 16.8 Å². The van der Waals surface area contributed by atoms with Crippen LogP contribution in [-0.4, -0.2) is 50.9 Å². The van der Waals surface area contributed by atoms with Crippen LogP contribution in [0, 0.1) is 0 Å². The second-order valence-corrected chi connectivity index (χ2v) is 7.77. The zero-order valence-corrected chi connectivity index (χ0v) is 16.1. The Morgan fingerprint density at radius 2 is 2.00 bits per heavy atom. The molecule has 1 fully saturated rings. The summed E-state index contributed by atoms with van der Waals surface area (Å²) in [4.78, 5) is 18.3. The number of nitrogens with zero attached hydrogens (tertiary/aromatic N) is 2. The Morgan fingerprint density at radius 1 is 1.31 bits per heavy atom. The number of nitrogens with one attached hydrogen (secondary N) is 2. The minimum absolute atomic E-state index is 0.0851. The fourth-order valence-electron chi connectivity index (χ4n) is 2.80. The summed E-state index contributed by atoms with van der Waals surface area (Å²) in [5.74, 6) is 0.852. The monoisotopic (exact) mass is 381 g/mol. The van der Waals surface area contributed by atoms with Crippen LogP contribution in [0.15, 0.2) is 34.2 Å². The van der Waals surface area contributed by atoms with Gasteiger partial charge in [0.1, 0.15) is 0 Å². The Morgan fingerprint density at radius 3 is 2.58 bits per heavy atom. The lowest BCUT2D eigenvalue weighted by molar-refractivity contribution is -0.129. The first-order chi connectivity index (χ1) is 12.3. The van der Waals surface area contributed by atoms with Gasteiger partial charge in [-0.05, 0) is 31.0 Å². The molecule has 1 aromatic carbocycles. The van der Waals surface area contributed by atoms with Gasteiger partial charge >= 0.3 is 0 Å². The number of rotatable bonds is 6. The molecule has 1 aliphatic rings. The van der Waals surface area contributed by atoms with E-state index in [4.69, 9.17) is 5.14 Å². The zero-order valence-electron chi connectivity index (χ0n) is 15.2. The first-order valence-corrected chi connectivity index (χ1v) is 10.3. The molecular formula is C17H27N5O3S. The fraction of sp³-hybridized carbons (Fsp3) is 0.529. The Bertz CT molecular complexity index is 746. The molecule has 26 heavy (non-hydrogen) atoms. The van der Waals surface area contributed by atoms with Crippen LogP contribution >= 0.6 is 0 Å². The number of benzene rings is 1. The molecular weight excluding hydrogens is 354 g/mol. The molecule has 1 aromatic rings. The number of sulfonamides is 1. The topological polar surface area (TPSA) is 117 Å². The van der Waals surface area contributed by atoms with E-state index in [9.17, 15) is 13.2 Å². The zero-order chi connectivity index (χ0) is 19.2. The number of likely N-dealkylation sites (tertiary alicyclic amines) is 1. The van der Waals surface area contributed by atoms with Gasteiger partial charge in [0.2, 0.25) is 15.9 Å². The van der Waals surface area contributed by atoms with Crippen molar-refractivity contribution >= 4 is 21.9 Å². The summed E-state index contributed by atoms with van der Waals surface area (Å²) in [5, 5.41) is 11.7. The van der Waals surface area contributed by atoms with E-state index in [1.807, 2.05) is 18.7 Å². The average Bonchev–Trinajstić information content (AvgIpc) is 3.07. The van der Waals surface area contributed by atoms with Crippen molar-refractivity contribution in [2.75, 3.05) is 19.6 Å². The van der Waals surface area contributed by atoms with Crippen molar-refractivity contribution in [1.82, 2.24) is 15.5 Å². The van der Waals surface area contributed by atoms with E-state index in [2.05, 4.69) is 15.6 Å². The number of aliphatic imine (C=N–C) groups is 1. The van der Waals surface area contributed by atoms with Crippen LogP contribution in [0.2, 0.25) is 0 Å². The molecule has 0 radical (unpaired) electrons. The van der Waals surface area contributed by atoms with Gasteiger partial charge in [-0.3, -0.25) is 4.79 Å². The highest BCUT2D eigenvalue weighted by Gasteiger charge is 2.25. The molecule has 2 rings (SSSR count). The predicted molar refractivity (Wildman–Crippen MR) is 101 cm³/mol. The summed E-state index contributed by atoms with van der Waals surface area (Å²) in [5.41, 5.74) is 0.879. The SMILES string of the molecule is CCNC(=NCc1ccc(S(N)(=O)=O)cc1)NC1CCN(C(=O)CC)C1. The first-order valence-electron chi connectivity index (χ1n) is 8.77. The maximum atomic E-state index is 11.8. The van der Waals surface area contributed by atoms with E-state index < -0.39 is 10.0 Å². The van der Waals surface area contributed by atoms with Crippen molar-refractivity contribution in [3.05, 3.63) is 29.8 Å². The number of guanidine groups is 1. The van der Waals surface area contributed by atoms with E-state index in [1.54, 1.807) is 12.1 Å². The van der Waals surface area contributed by atoms with Gasteiger partial charge in [0.15, 0.2) is 5.96 Å². The number of hydrogen-bond acceptors (Lipinski definition) is 4. The van der Waals surface area contributed by atoms with Gasteiger partial charge < -0.3 is 15.5 Å². The molecule has 1 saturated heterocycles. The van der Waals surface area contributed by atoms with E-state index in [0.717, 1.165) is 25.1 Å². The number of nitrogens with two attached hydrogens (primary N) is 1. The lowest BCUT2D eigenvalue weighted by atomic mass is 10.2. The number of amides is 1. The molecule has 1 unspecified atom stereocenters. The molecule has 0 aromatic heterocycles. The van der Waals surface area contributed by atoms with Gasteiger partial charge in [-0.25, -0.2) is 18.5 Å². The van der Waals surface area contributed by atoms with Crippen LogP contribution in [0.5, 0.6) is 0 Å². The van der Waals surface area contributed by atoms with Crippen LogP contribution in [0.25, 0.3) is 0 Å². The lowest BCUT2D eigenvalue weighted by Crippen LogP contribution is -2.45. The predicted octanol–water partition coefficient (Wildman–Crippen LogP) is 0.400. The van der Waals surface area contributed by atoms with Gasteiger partial charge in [-0.1, -0.05) is 19.1 Å². The molecule has 1 amide bonds. The Kier molecular flexibility index (Phi) is 6.98. The summed E-state index contributed by atoms with van der Waals surface area (Å²) < 4.78 is 22.6. The largest absolute Gasteiger partial charge is 0.357 e. The van der Waals surface area contributed by atoms with Crippen molar-refractivity contribution < 1.29 is 13.2 Å². The van der Waals surface area contributed by atoms with Gasteiger partial charge in [0.25, 0.3) is 0 Å². The van der Waals surface area contributed by atoms with Crippen molar-refractivity contribution in [1.29, 1.82) is 0 Å². The van der Waals surface area contributed by atoms with Gasteiger partial charge in [-0.2, -0.15) is 0 Å². The number of hydrogen-bond donors (Lipinski definition) is 3. The highest BCUT2D eigenvalue weighted by Crippen LogP contribution is 2.11. The summed E-state index contributed by atoms with van der Waals surface area (Å²) in [6.45, 7) is 6.43. The van der Waals surface area contributed by atoms with Crippen molar-refractivity contribution in [3.8, 4) is 0 Å². The van der Waals surface area contributed by atoms with Gasteiger partial charge in [0, 0.05) is 32.1 Å². The highest BCUT2D eigenvalue weighted by molar-refractivity contribution is 7.89. The maximum Gasteiger partial charge on any atom is 0.238 e. The summed E-state index contributed by atoms with van der Waals surface area (Å²) in [7, 11) is -3.68. The summed E-state index contributed by atoms with van der Waals surface area (Å²) in [6.07, 6.45) is 1.41. The van der Waals surface area contributed by atoms with Crippen molar-refractivity contribution in [2.45, 2.75) is 44.2 Å². The third kappa shape index (κ3) is 5.70. The molecule has 0 bridgehead atoms. The van der Waals surface area contributed by atoms with Crippen LogP contribution in [0.3, 0.4) is 0 Å². The Labute approximate surface area is 154 Å². The number of primary sulfonamides is 1. The molecule has 1 heterocycles. The molecule has 1 atom stereocenters. The summed E-state index contributed by atoms with van der Waals surface area (Å²) >= 11 is 0. The minimum Gasteiger partial charge on any atom is -0.357 e. The standard InChI is InChI=1S/C17H27N5O3S/c1-3-16(23)22-10-9-14(12-22)21-17(19-4-2)20-11-13-5-7-15(8-6-13)26(18,24)25/h5-8,14H,3-4,9-12H2,1-2H3,(H2,18,24,25)(H2,19,20,21). The maximum absolute atomic E-state index is 11.8. The molecule has 0 aliphatic carbocycles. The Hall–Kier alpha value is -2.13. The molecule has 4 N–H and O–H groups in total. The molecule has 8 nitrogen and oxygen atoms in total.